The van der Waals surface area contributed by atoms with Crippen molar-refractivity contribution in [1.82, 2.24) is 28.6 Å². The lowest BCUT2D eigenvalue weighted by atomic mass is 9.62. The van der Waals surface area contributed by atoms with Gasteiger partial charge in [-0.1, -0.05) is 12.1 Å². The average Bonchev–Trinajstić information content (AvgIpc) is 3.61. The van der Waals surface area contributed by atoms with Crippen LogP contribution in [0.25, 0.3) is 11.2 Å². The highest BCUT2D eigenvalue weighted by Crippen LogP contribution is 2.49. The van der Waals surface area contributed by atoms with E-state index in [-0.39, 0.29) is 18.2 Å². The molecule has 40 heavy (non-hydrogen) atoms. The molecule has 2 atom stereocenters. The molecule has 8 nitrogen and oxygen atoms in total. The fourth-order valence-corrected chi connectivity index (χ4v) is 6.26. The van der Waals surface area contributed by atoms with E-state index in [4.69, 9.17) is 4.74 Å². The maximum Gasteiger partial charge on any atom is 0.418 e. The summed E-state index contributed by atoms with van der Waals surface area (Å²) in [5, 5.41) is 8.38. The van der Waals surface area contributed by atoms with Crippen molar-refractivity contribution in [2.24, 2.45) is 7.05 Å². The number of nitrogens with zero attached hydrogens (tertiary/aromatic N) is 6. The number of aromatic nitrogens is 5. The van der Waals surface area contributed by atoms with E-state index < -0.39 is 35.1 Å². The van der Waals surface area contributed by atoms with Gasteiger partial charge < -0.3 is 9.30 Å². The molecule has 1 aromatic carbocycles. The number of hydrogen-bond donors (Lipinski definition) is 0. The summed E-state index contributed by atoms with van der Waals surface area (Å²) in [4.78, 5) is 15.4. The molecule has 12 heteroatoms. The van der Waals surface area contributed by atoms with Crippen molar-refractivity contribution in [3.05, 3.63) is 82.1 Å². The number of halogens is 4. The first-order chi connectivity index (χ1) is 19.0. The van der Waals surface area contributed by atoms with Gasteiger partial charge in [0.15, 0.2) is 0 Å². The van der Waals surface area contributed by atoms with Gasteiger partial charge in [0, 0.05) is 45.7 Å². The molecule has 4 aromatic rings. The Morgan fingerprint density at radius 1 is 1.18 bits per heavy atom. The van der Waals surface area contributed by atoms with E-state index in [0.717, 1.165) is 21.9 Å². The molecule has 1 aliphatic carbocycles. The van der Waals surface area contributed by atoms with Crippen molar-refractivity contribution in [2.75, 3.05) is 20.2 Å². The van der Waals surface area contributed by atoms with Gasteiger partial charge in [-0.25, -0.2) is 9.18 Å². The number of hydrogen-bond acceptors (Lipinski definition) is 5. The minimum Gasteiger partial charge on any atom is -0.381 e. The number of fused-ring (bicyclic) bond motifs is 1. The van der Waals surface area contributed by atoms with Crippen LogP contribution in [0.3, 0.4) is 0 Å². The summed E-state index contributed by atoms with van der Waals surface area (Å²) >= 11 is 0. The number of pyridine rings is 1. The van der Waals surface area contributed by atoms with Gasteiger partial charge in [0.1, 0.15) is 18.3 Å². The Hall–Kier alpha value is -3.51. The largest absolute Gasteiger partial charge is 0.418 e. The summed E-state index contributed by atoms with van der Waals surface area (Å²) in [6.45, 7) is 2.34. The predicted octanol–water partition coefficient (Wildman–Crippen LogP) is 4.44. The second-order valence-corrected chi connectivity index (χ2v) is 10.9. The number of ether oxygens (including phenoxy) is 1. The summed E-state index contributed by atoms with van der Waals surface area (Å²) in [7, 11) is 3.51. The second kappa shape index (κ2) is 9.55. The summed E-state index contributed by atoms with van der Waals surface area (Å²) in [6, 6.07) is 7.83. The number of imidazole rings is 1. The van der Waals surface area contributed by atoms with Gasteiger partial charge >= 0.3 is 11.9 Å². The van der Waals surface area contributed by atoms with Gasteiger partial charge in [-0.15, -0.1) is 10.2 Å². The molecule has 1 saturated heterocycles. The monoisotopic (exact) mass is 558 g/mol. The van der Waals surface area contributed by atoms with Crippen LogP contribution in [0.15, 0.2) is 53.8 Å². The number of methoxy groups -OCH3 is 1. The first-order valence-corrected chi connectivity index (χ1v) is 13.2. The molecule has 2 fully saturated rings. The lowest BCUT2D eigenvalue weighted by Gasteiger charge is -2.46. The van der Waals surface area contributed by atoms with Crippen LogP contribution in [0.2, 0.25) is 0 Å². The molecule has 1 saturated carbocycles. The number of aryl methyl sites for hydroxylation is 1. The van der Waals surface area contributed by atoms with Crippen LogP contribution in [0, 0.1) is 0 Å². The van der Waals surface area contributed by atoms with Crippen molar-refractivity contribution in [2.45, 2.75) is 56.1 Å². The first-order valence-electron chi connectivity index (χ1n) is 13.2. The van der Waals surface area contributed by atoms with E-state index >= 15 is 0 Å². The fraction of sp³-hybridized carbons (Fsp3) is 0.464. The number of alkyl halides is 4. The van der Waals surface area contributed by atoms with E-state index in [1.807, 2.05) is 23.7 Å². The Labute approximate surface area is 227 Å². The van der Waals surface area contributed by atoms with E-state index in [9.17, 15) is 22.4 Å². The molecule has 0 amide bonds. The standard InChI is InChI=1S/C28H30F4N6O2/c1-17(36-8-7-20(29)14-36)18-9-23(28(30,31)32)24-15-37(26(39)38(24)13-18)21-6-4-5-19(10-21)27(11-22(12-27)40-3)25-34-33-16-35(25)2/h4-6,9-10,13,15-17,20,22H,7-8,11-12,14H2,1-3H3/t17-,20+,22-,27+/m1/s1. The Bertz CT molecular complexity index is 1620. The lowest BCUT2D eigenvalue weighted by molar-refractivity contribution is -0.136. The molecule has 0 radical (unpaired) electrons. The van der Waals surface area contributed by atoms with Gasteiger partial charge in [0.25, 0.3) is 0 Å². The molecule has 0 N–H and O–H groups in total. The summed E-state index contributed by atoms with van der Waals surface area (Å²) in [5.41, 5.74) is -0.648. The van der Waals surface area contributed by atoms with Gasteiger partial charge in [-0.2, -0.15) is 13.2 Å². The molecule has 1 aliphatic heterocycles. The van der Waals surface area contributed by atoms with E-state index in [2.05, 4.69) is 10.2 Å². The summed E-state index contributed by atoms with van der Waals surface area (Å²) in [6.07, 6.45) is 0.280. The molecule has 4 heterocycles. The predicted molar refractivity (Wildman–Crippen MR) is 139 cm³/mol. The molecule has 212 valence electrons. The summed E-state index contributed by atoms with van der Waals surface area (Å²) < 4.78 is 66.3. The molecular formula is C28H30F4N6O2. The van der Waals surface area contributed by atoms with Crippen molar-refractivity contribution in [3.63, 3.8) is 0 Å². The van der Waals surface area contributed by atoms with Crippen LogP contribution in [0.4, 0.5) is 17.6 Å². The van der Waals surface area contributed by atoms with Crippen molar-refractivity contribution in [1.29, 1.82) is 0 Å². The highest BCUT2D eigenvalue weighted by atomic mass is 19.4. The first kappa shape index (κ1) is 26.7. The van der Waals surface area contributed by atoms with Gasteiger partial charge in [0.2, 0.25) is 0 Å². The third-order valence-corrected chi connectivity index (χ3v) is 8.59. The van der Waals surface area contributed by atoms with Crippen molar-refractivity contribution in [3.8, 4) is 5.69 Å². The van der Waals surface area contributed by atoms with Crippen LogP contribution < -0.4 is 5.69 Å². The molecule has 0 bridgehead atoms. The normalized spacial score (nSPS) is 24.5. The fourth-order valence-electron chi connectivity index (χ4n) is 6.26. The maximum absolute atomic E-state index is 14.3. The highest BCUT2D eigenvalue weighted by molar-refractivity contribution is 5.58. The quantitative estimate of drug-likeness (QED) is 0.328. The SMILES string of the molecule is CO[C@H]1C[C@@](c2cccc(-n3cc4c(C(F)(F)F)cc([C@@H](C)N5CC[C@H](F)C5)cn4c3=O)c2)(c2nncn2C)C1. The maximum atomic E-state index is 14.3. The molecule has 0 spiro atoms. The van der Waals surface area contributed by atoms with Crippen LogP contribution >= 0.6 is 0 Å². The molecule has 0 unspecified atom stereocenters. The van der Waals surface area contributed by atoms with E-state index in [1.54, 1.807) is 37.4 Å². The van der Waals surface area contributed by atoms with Crippen LogP contribution in [0.1, 0.15) is 54.7 Å². The Kier molecular flexibility index (Phi) is 6.37. The minimum atomic E-state index is -4.69. The van der Waals surface area contributed by atoms with Gasteiger partial charge in [0.05, 0.1) is 28.3 Å². The number of benzene rings is 1. The number of likely N-dealkylation sites (tertiary alicyclic amines) is 1. The molecule has 2 aliphatic rings. The van der Waals surface area contributed by atoms with E-state index in [0.29, 0.717) is 37.1 Å². The summed E-state index contributed by atoms with van der Waals surface area (Å²) in [5.74, 6) is 0.753. The zero-order valence-corrected chi connectivity index (χ0v) is 22.4. The van der Waals surface area contributed by atoms with Crippen LogP contribution in [-0.4, -0.2) is 61.1 Å². The highest BCUT2D eigenvalue weighted by Gasteiger charge is 2.50. The van der Waals surface area contributed by atoms with E-state index in [1.165, 1.54) is 17.0 Å². The van der Waals surface area contributed by atoms with Crippen molar-refractivity contribution >= 4 is 5.52 Å². The zero-order valence-electron chi connectivity index (χ0n) is 22.4. The van der Waals surface area contributed by atoms with Crippen LogP contribution in [-0.2, 0) is 23.4 Å². The average molecular weight is 559 g/mol. The topological polar surface area (TPSA) is 69.6 Å². The Balaban J connectivity index is 1.46. The minimum absolute atomic E-state index is 0.0261. The number of rotatable bonds is 6. The van der Waals surface area contributed by atoms with Crippen LogP contribution in [0.5, 0.6) is 0 Å². The molecular weight excluding hydrogens is 528 g/mol. The third-order valence-electron chi connectivity index (χ3n) is 8.59. The second-order valence-electron chi connectivity index (χ2n) is 10.9. The Morgan fingerprint density at radius 2 is 1.95 bits per heavy atom. The Morgan fingerprint density at radius 3 is 2.58 bits per heavy atom. The van der Waals surface area contributed by atoms with Gasteiger partial charge in [-0.05, 0) is 55.5 Å². The zero-order chi connectivity index (χ0) is 28.4. The molecule has 6 rings (SSSR count). The van der Waals surface area contributed by atoms with Gasteiger partial charge in [-0.3, -0.25) is 13.9 Å². The van der Waals surface area contributed by atoms with Crippen molar-refractivity contribution < 1.29 is 22.3 Å². The smallest absolute Gasteiger partial charge is 0.381 e. The lowest BCUT2D eigenvalue weighted by Crippen LogP contribution is -2.48. The molecule has 3 aromatic heterocycles. The third kappa shape index (κ3) is 4.24.